The molecule has 2 rings (SSSR count). The molecule has 0 saturated carbocycles. The minimum Gasteiger partial charge on any atom is -0.478 e. The Kier molecular flexibility index (Phi) is 3.78. The summed E-state index contributed by atoms with van der Waals surface area (Å²) < 4.78 is 23.7. The molecule has 0 fully saturated rings. The number of carbonyl (C=O) groups is 1. The molecule has 0 unspecified atom stereocenters. The average molecular weight is 312 g/mol. The van der Waals surface area contributed by atoms with Gasteiger partial charge in [-0.15, -0.1) is 0 Å². The Balaban J connectivity index is 2.81. The van der Waals surface area contributed by atoms with E-state index >= 15 is 0 Å². The summed E-state index contributed by atoms with van der Waals surface area (Å²) in [6.07, 6.45) is 4.05. The third-order valence-corrected chi connectivity index (χ3v) is 4.12. The largest absolute Gasteiger partial charge is 0.478 e. The van der Waals surface area contributed by atoms with E-state index in [-0.39, 0.29) is 15.5 Å². The molecule has 0 spiro atoms. The van der Waals surface area contributed by atoms with Gasteiger partial charge in [-0.2, -0.15) is 0 Å². The number of hydrogen-bond acceptors (Lipinski definition) is 4. The van der Waals surface area contributed by atoms with Gasteiger partial charge in [0, 0.05) is 29.8 Å². The number of benzene rings is 1. The highest BCUT2D eigenvalue weighted by Gasteiger charge is 2.20. The first-order valence-corrected chi connectivity index (χ1v) is 7.75. The van der Waals surface area contributed by atoms with Crippen molar-refractivity contribution in [2.24, 2.45) is 0 Å². The van der Waals surface area contributed by atoms with E-state index in [1.54, 1.807) is 18.3 Å². The summed E-state index contributed by atoms with van der Waals surface area (Å²) in [5, 5.41) is 9.00. The second kappa shape index (κ2) is 5.22. The molecule has 0 aliphatic carbocycles. The lowest BCUT2D eigenvalue weighted by Gasteiger charge is -2.10. The Morgan fingerprint density at radius 1 is 1.35 bits per heavy atom. The van der Waals surface area contributed by atoms with Gasteiger partial charge < -0.3 is 5.11 Å². The normalized spacial score (nSPS) is 11.3. The van der Waals surface area contributed by atoms with Crippen LogP contribution in [0.2, 0.25) is 5.02 Å². The Morgan fingerprint density at radius 3 is 2.55 bits per heavy atom. The molecular weight excluding hydrogens is 302 g/mol. The van der Waals surface area contributed by atoms with Gasteiger partial charge in [-0.1, -0.05) is 17.7 Å². The molecule has 1 aromatic heterocycles. The van der Waals surface area contributed by atoms with Crippen molar-refractivity contribution in [3.05, 3.63) is 47.2 Å². The van der Waals surface area contributed by atoms with Gasteiger partial charge in [0.15, 0.2) is 9.84 Å². The zero-order valence-corrected chi connectivity index (χ0v) is 11.9. The fourth-order valence-corrected chi connectivity index (χ4v) is 2.92. The first-order chi connectivity index (χ1) is 9.30. The minimum absolute atomic E-state index is 0.0243. The van der Waals surface area contributed by atoms with E-state index in [9.17, 15) is 13.2 Å². The Labute approximate surface area is 120 Å². The molecule has 1 heterocycles. The van der Waals surface area contributed by atoms with Crippen LogP contribution in [0.25, 0.3) is 11.1 Å². The fourth-order valence-electron chi connectivity index (χ4n) is 1.77. The molecule has 5 nitrogen and oxygen atoms in total. The predicted molar refractivity (Wildman–Crippen MR) is 74.8 cm³/mol. The molecule has 0 atom stereocenters. The number of hydrogen-bond donors (Lipinski definition) is 1. The Bertz CT molecular complexity index is 772. The molecule has 7 heteroatoms. The van der Waals surface area contributed by atoms with Crippen molar-refractivity contribution in [3.8, 4) is 11.1 Å². The molecule has 0 bridgehead atoms. The van der Waals surface area contributed by atoms with Crippen molar-refractivity contribution in [2.45, 2.75) is 4.90 Å². The second-order valence-electron chi connectivity index (χ2n) is 4.15. The van der Waals surface area contributed by atoms with E-state index in [4.69, 9.17) is 16.7 Å². The standard InChI is InChI=1S/C13H10ClNO4S/c1-20(18,19)12-6-10(13(16)17)11(14)5-9(12)8-3-2-4-15-7-8/h2-7H,1H3,(H,16,17). The van der Waals surface area contributed by atoms with Gasteiger partial charge in [-0.05, 0) is 18.2 Å². The van der Waals surface area contributed by atoms with Crippen molar-refractivity contribution in [1.29, 1.82) is 0 Å². The fraction of sp³-hybridized carbons (Fsp3) is 0.0769. The smallest absolute Gasteiger partial charge is 0.337 e. The number of carboxylic acid groups (broad SMARTS) is 1. The zero-order valence-electron chi connectivity index (χ0n) is 10.4. The van der Waals surface area contributed by atoms with Crippen molar-refractivity contribution < 1.29 is 18.3 Å². The summed E-state index contributed by atoms with van der Waals surface area (Å²) in [5.41, 5.74) is 0.627. The van der Waals surface area contributed by atoms with Crippen LogP contribution in [0.1, 0.15) is 10.4 Å². The summed E-state index contributed by atoms with van der Waals surface area (Å²) in [6.45, 7) is 0. The summed E-state index contributed by atoms with van der Waals surface area (Å²) in [6, 6.07) is 5.73. The molecule has 104 valence electrons. The molecule has 2 aromatic rings. The van der Waals surface area contributed by atoms with Gasteiger partial charge in [-0.25, -0.2) is 13.2 Å². The van der Waals surface area contributed by atoms with Crippen LogP contribution in [0.15, 0.2) is 41.6 Å². The lowest BCUT2D eigenvalue weighted by molar-refractivity contribution is 0.0697. The van der Waals surface area contributed by atoms with Crippen molar-refractivity contribution in [2.75, 3.05) is 6.26 Å². The highest BCUT2D eigenvalue weighted by atomic mass is 35.5. The van der Waals surface area contributed by atoms with Crippen molar-refractivity contribution >= 4 is 27.4 Å². The van der Waals surface area contributed by atoms with Crippen LogP contribution >= 0.6 is 11.6 Å². The minimum atomic E-state index is -3.60. The summed E-state index contributed by atoms with van der Waals surface area (Å²) in [7, 11) is -3.60. The van der Waals surface area contributed by atoms with E-state index in [2.05, 4.69) is 4.98 Å². The number of halogens is 1. The molecule has 1 aromatic carbocycles. The maximum absolute atomic E-state index is 11.9. The highest BCUT2D eigenvalue weighted by Crippen LogP contribution is 2.32. The first kappa shape index (κ1) is 14.5. The van der Waals surface area contributed by atoms with Gasteiger partial charge in [0.05, 0.1) is 15.5 Å². The number of aromatic carboxylic acids is 1. The third-order valence-electron chi connectivity index (χ3n) is 2.67. The topological polar surface area (TPSA) is 84.3 Å². The average Bonchev–Trinajstić information content (AvgIpc) is 2.37. The highest BCUT2D eigenvalue weighted by molar-refractivity contribution is 7.90. The number of pyridine rings is 1. The number of rotatable bonds is 3. The summed E-state index contributed by atoms with van der Waals surface area (Å²) in [5.74, 6) is -1.28. The second-order valence-corrected chi connectivity index (χ2v) is 6.54. The molecule has 1 N–H and O–H groups in total. The summed E-state index contributed by atoms with van der Waals surface area (Å²) in [4.78, 5) is 14.9. The molecule has 0 radical (unpaired) electrons. The van der Waals surface area contributed by atoms with E-state index in [0.717, 1.165) is 12.3 Å². The van der Waals surface area contributed by atoms with Crippen molar-refractivity contribution in [1.82, 2.24) is 4.98 Å². The van der Waals surface area contributed by atoms with E-state index in [1.165, 1.54) is 12.3 Å². The lowest BCUT2D eigenvalue weighted by atomic mass is 10.1. The van der Waals surface area contributed by atoms with Crippen LogP contribution in [-0.4, -0.2) is 30.7 Å². The van der Waals surface area contributed by atoms with E-state index < -0.39 is 15.8 Å². The molecule has 20 heavy (non-hydrogen) atoms. The van der Waals surface area contributed by atoms with Gasteiger partial charge in [0.25, 0.3) is 0 Å². The van der Waals surface area contributed by atoms with Crippen LogP contribution in [0.4, 0.5) is 0 Å². The van der Waals surface area contributed by atoms with Crippen LogP contribution in [0.5, 0.6) is 0 Å². The monoisotopic (exact) mass is 311 g/mol. The Morgan fingerprint density at radius 2 is 2.05 bits per heavy atom. The van der Waals surface area contributed by atoms with E-state index in [0.29, 0.717) is 11.1 Å². The van der Waals surface area contributed by atoms with Gasteiger partial charge >= 0.3 is 5.97 Å². The lowest BCUT2D eigenvalue weighted by Crippen LogP contribution is -2.05. The SMILES string of the molecule is CS(=O)(=O)c1cc(C(=O)O)c(Cl)cc1-c1cccnc1. The number of sulfone groups is 1. The van der Waals surface area contributed by atoms with Crippen LogP contribution in [0.3, 0.4) is 0 Å². The maximum Gasteiger partial charge on any atom is 0.337 e. The summed E-state index contributed by atoms with van der Waals surface area (Å²) >= 11 is 5.90. The van der Waals surface area contributed by atoms with Crippen molar-refractivity contribution in [3.63, 3.8) is 0 Å². The molecule has 0 saturated heterocycles. The zero-order chi connectivity index (χ0) is 14.9. The molecule has 0 aliphatic rings. The Hall–Kier alpha value is -1.92. The van der Waals surface area contributed by atoms with Gasteiger partial charge in [0.1, 0.15) is 0 Å². The van der Waals surface area contributed by atoms with Gasteiger partial charge in [-0.3, -0.25) is 4.98 Å². The number of nitrogens with zero attached hydrogens (tertiary/aromatic N) is 1. The maximum atomic E-state index is 11.9. The van der Waals surface area contributed by atoms with Crippen LogP contribution < -0.4 is 0 Å². The predicted octanol–water partition coefficient (Wildman–Crippen LogP) is 2.50. The number of aromatic nitrogens is 1. The molecular formula is C13H10ClNO4S. The number of carboxylic acids is 1. The molecule has 0 amide bonds. The van der Waals surface area contributed by atoms with Gasteiger partial charge in [0.2, 0.25) is 0 Å². The first-order valence-electron chi connectivity index (χ1n) is 5.48. The van der Waals surface area contributed by atoms with Crippen LogP contribution in [-0.2, 0) is 9.84 Å². The van der Waals surface area contributed by atoms with Crippen LogP contribution in [0, 0.1) is 0 Å². The molecule has 0 aliphatic heterocycles. The third kappa shape index (κ3) is 2.81. The quantitative estimate of drug-likeness (QED) is 0.941. The van der Waals surface area contributed by atoms with E-state index in [1.807, 2.05) is 0 Å².